The molecule has 0 bridgehead atoms. The molecule has 8 nitrogen and oxygen atoms in total. The molecule has 2 aromatic heterocycles. The van der Waals surface area contributed by atoms with E-state index >= 15 is 0 Å². The summed E-state index contributed by atoms with van der Waals surface area (Å²) in [5.74, 6) is 0.560. The van der Waals surface area contributed by atoms with Crippen LogP contribution in [0.3, 0.4) is 0 Å². The topological polar surface area (TPSA) is 86.7 Å². The number of amides is 1. The number of hydrogen-bond acceptors (Lipinski definition) is 5. The third-order valence-electron chi connectivity index (χ3n) is 5.77. The van der Waals surface area contributed by atoms with Gasteiger partial charge in [0.25, 0.3) is 5.56 Å². The molecule has 4 aromatic rings. The lowest BCUT2D eigenvalue weighted by atomic mass is 10.2. The van der Waals surface area contributed by atoms with Crippen LogP contribution in [-0.2, 0) is 11.8 Å². The average molecular weight is 495 g/mol. The van der Waals surface area contributed by atoms with Crippen LogP contribution in [0.15, 0.2) is 64.5 Å². The van der Waals surface area contributed by atoms with Gasteiger partial charge >= 0.3 is 0 Å². The molecule has 1 aliphatic carbocycles. The van der Waals surface area contributed by atoms with Gasteiger partial charge in [-0.3, -0.25) is 18.8 Å². The van der Waals surface area contributed by atoms with Crippen molar-refractivity contribution in [2.75, 3.05) is 5.75 Å². The summed E-state index contributed by atoms with van der Waals surface area (Å²) >= 11 is 7.74. The predicted octanol–water partition coefficient (Wildman–Crippen LogP) is 3.76. The van der Waals surface area contributed by atoms with Gasteiger partial charge < -0.3 is 5.32 Å². The van der Waals surface area contributed by atoms with Crippen LogP contribution in [-0.4, -0.2) is 41.8 Å². The highest BCUT2D eigenvalue weighted by molar-refractivity contribution is 7.99. The number of carbonyl (C=O) groups is 1. The summed E-state index contributed by atoms with van der Waals surface area (Å²) in [4.78, 5) is 26.1. The summed E-state index contributed by atoms with van der Waals surface area (Å²) < 4.78 is 5.13. The Morgan fingerprint density at radius 1 is 1.12 bits per heavy atom. The van der Waals surface area contributed by atoms with E-state index in [2.05, 4.69) is 15.5 Å². The number of nitrogens with zero attached hydrogens (tertiary/aromatic N) is 5. The molecule has 0 unspecified atom stereocenters. The Balaban J connectivity index is 1.65. The van der Waals surface area contributed by atoms with Gasteiger partial charge in [0.2, 0.25) is 5.91 Å². The van der Waals surface area contributed by atoms with E-state index in [1.807, 2.05) is 62.5 Å². The highest BCUT2D eigenvalue weighted by Gasteiger charge is 2.27. The average Bonchev–Trinajstić information content (AvgIpc) is 3.51. The molecule has 0 radical (unpaired) electrons. The molecule has 2 aromatic carbocycles. The second-order valence-electron chi connectivity index (χ2n) is 8.16. The van der Waals surface area contributed by atoms with Gasteiger partial charge in [-0.1, -0.05) is 53.7 Å². The number of halogens is 1. The number of hydrogen-bond donors (Lipinski definition) is 1. The molecule has 0 saturated heterocycles. The van der Waals surface area contributed by atoms with Crippen molar-refractivity contribution in [1.29, 1.82) is 0 Å². The molecular weight excluding hydrogens is 472 g/mol. The zero-order valence-electron chi connectivity index (χ0n) is 18.7. The van der Waals surface area contributed by atoms with E-state index in [1.165, 1.54) is 11.8 Å². The van der Waals surface area contributed by atoms with Crippen molar-refractivity contribution in [3.63, 3.8) is 0 Å². The number of aromatic nitrogens is 5. The van der Waals surface area contributed by atoms with E-state index in [0.29, 0.717) is 27.3 Å². The lowest BCUT2D eigenvalue weighted by Gasteiger charge is -2.10. The largest absolute Gasteiger partial charge is 0.353 e. The van der Waals surface area contributed by atoms with Gasteiger partial charge in [0, 0.05) is 18.7 Å². The number of benzene rings is 2. The summed E-state index contributed by atoms with van der Waals surface area (Å²) in [5.41, 5.74) is 2.32. The van der Waals surface area contributed by atoms with Crippen LogP contribution in [0, 0.1) is 6.92 Å². The van der Waals surface area contributed by atoms with Crippen LogP contribution < -0.4 is 10.9 Å². The minimum absolute atomic E-state index is 0.0622. The molecule has 10 heteroatoms. The van der Waals surface area contributed by atoms with Gasteiger partial charge in [0.05, 0.1) is 22.2 Å². The van der Waals surface area contributed by atoms with Crippen LogP contribution >= 0.6 is 23.4 Å². The summed E-state index contributed by atoms with van der Waals surface area (Å²) in [5, 5.41) is 12.7. The molecule has 1 amide bonds. The molecule has 0 atom stereocenters. The van der Waals surface area contributed by atoms with Crippen LogP contribution in [0.5, 0.6) is 0 Å². The van der Waals surface area contributed by atoms with Crippen molar-refractivity contribution in [1.82, 2.24) is 29.4 Å². The van der Waals surface area contributed by atoms with E-state index in [0.717, 1.165) is 24.2 Å². The van der Waals surface area contributed by atoms with Crippen LogP contribution in [0.4, 0.5) is 0 Å². The lowest BCUT2D eigenvalue weighted by Crippen LogP contribution is -2.27. The smallest absolute Gasteiger partial charge is 0.296 e. The fraction of sp³-hybridized carbons (Fsp3) is 0.250. The number of thioether (sulfide) groups is 1. The summed E-state index contributed by atoms with van der Waals surface area (Å²) in [6, 6.07) is 17.0. The van der Waals surface area contributed by atoms with Gasteiger partial charge in [-0.15, -0.1) is 10.2 Å². The van der Waals surface area contributed by atoms with Crippen molar-refractivity contribution in [2.45, 2.75) is 31.0 Å². The van der Waals surface area contributed by atoms with Crippen LogP contribution in [0.25, 0.3) is 22.8 Å². The van der Waals surface area contributed by atoms with Gasteiger partial charge in [-0.25, -0.2) is 4.68 Å². The maximum atomic E-state index is 13.8. The Hall–Kier alpha value is -3.30. The number of rotatable bonds is 7. The van der Waals surface area contributed by atoms with E-state index < -0.39 is 0 Å². The van der Waals surface area contributed by atoms with E-state index in [-0.39, 0.29) is 23.3 Å². The first-order valence-corrected chi connectivity index (χ1v) is 12.3. The molecule has 2 heterocycles. The maximum Gasteiger partial charge on any atom is 0.296 e. The number of nitrogens with one attached hydrogen (secondary N) is 1. The SMILES string of the molecule is Cc1c(-n2c(SCC(=O)NC3CC3)nnc2-c2ccccc2Cl)c(=O)n(-c2ccccc2)n1C. The molecule has 174 valence electrons. The monoisotopic (exact) mass is 494 g/mol. The minimum Gasteiger partial charge on any atom is -0.353 e. The van der Waals surface area contributed by atoms with Crippen molar-refractivity contribution < 1.29 is 4.79 Å². The van der Waals surface area contributed by atoms with E-state index in [1.54, 1.807) is 20.0 Å². The molecule has 1 fully saturated rings. The summed E-state index contributed by atoms with van der Waals surface area (Å²) in [6.45, 7) is 1.88. The second-order valence-corrected chi connectivity index (χ2v) is 9.51. The quantitative estimate of drug-likeness (QED) is 0.395. The fourth-order valence-electron chi connectivity index (χ4n) is 3.82. The Bertz CT molecular complexity index is 1420. The highest BCUT2D eigenvalue weighted by atomic mass is 35.5. The first kappa shape index (κ1) is 22.5. The summed E-state index contributed by atoms with van der Waals surface area (Å²) in [7, 11) is 1.84. The van der Waals surface area contributed by atoms with Gasteiger partial charge in [0.15, 0.2) is 11.0 Å². The normalized spacial score (nSPS) is 13.3. The fourth-order valence-corrected chi connectivity index (χ4v) is 4.79. The van der Waals surface area contributed by atoms with Crippen LogP contribution in [0.2, 0.25) is 5.02 Å². The third-order valence-corrected chi connectivity index (χ3v) is 7.03. The Morgan fingerprint density at radius 2 is 1.82 bits per heavy atom. The van der Waals surface area contributed by atoms with Crippen LogP contribution in [0.1, 0.15) is 18.5 Å². The van der Waals surface area contributed by atoms with Crippen molar-refractivity contribution in [2.24, 2.45) is 7.05 Å². The van der Waals surface area contributed by atoms with Crippen molar-refractivity contribution >= 4 is 29.3 Å². The lowest BCUT2D eigenvalue weighted by molar-refractivity contribution is -0.118. The molecule has 5 rings (SSSR count). The molecule has 1 saturated carbocycles. The molecule has 1 aliphatic rings. The Morgan fingerprint density at radius 3 is 2.53 bits per heavy atom. The number of para-hydroxylation sites is 1. The first-order valence-electron chi connectivity index (χ1n) is 10.9. The first-order chi connectivity index (χ1) is 16.5. The second kappa shape index (κ2) is 9.15. The standard InChI is InChI=1S/C24H23ClN6O2S/c1-15-21(23(33)31(29(15)2)17-8-4-3-5-9-17)30-22(18-10-6-7-11-19(18)25)27-28-24(30)34-14-20(32)26-16-12-13-16/h3-11,16H,12-14H2,1-2H3,(H,26,32). The summed E-state index contributed by atoms with van der Waals surface area (Å²) in [6.07, 6.45) is 2.04. The molecule has 34 heavy (non-hydrogen) atoms. The zero-order valence-corrected chi connectivity index (χ0v) is 20.3. The molecule has 0 aliphatic heterocycles. The van der Waals surface area contributed by atoms with Gasteiger partial charge in [0.1, 0.15) is 5.69 Å². The minimum atomic E-state index is -0.219. The zero-order chi connectivity index (χ0) is 23.8. The molecule has 0 spiro atoms. The van der Waals surface area contributed by atoms with E-state index in [4.69, 9.17) is 11.6 Å². The van der Waals surface area contributed by atoms with Crippen molar-refractivity contribution in [3.05, 3.63) is 75.7 Å². The third kappa shape index (κ3) is 4.17. The number of carbonyl (C=O) groups excluding carboxylic acids is 1. The Labute approximate surface area is 205 Å². The van der Waals surface area contributed by atoms with Crippen molar-refractivity contribution in [3.8, 4) is 22.8 Å². The molecular formula is C24H23ClN6O2S. The van der Waals surface area contributed by atoms with Gasteiger partial charge in [-0.05, 0) is 44.0 Å². The van der Waals surface area contributed by atoms with Gasteiger partial charge in [-0.2, -0.15) is 0 Å². The maximum absolute atomic E-state index is 13.8. The highest BCUT2D eigenvalue weighted by Crippen LogP contribution is 2.32. The Kier molecular flexibility index (Phi) is 6.05. The molecule has 1 N–H and O–H groups in total. The predicted molar refractivity (Wildman–Crippen MR) is 133 cm³/mol. The van der Waals surface area contributed by atoms with E-state index in [9.17, 15) is 9.59 Å².